The van der Waals surface area contributed by atoms with Crippen LogP contribution in [0.5, 0.6) is 0 Å². The molecule has 2 nitrogen and oxygen atoms in total. The highest BCUT2D eigenvalue weighted by Crippen LogP contribution is 2.43. The second-order valence-electron chi connectivity index (χ2n) is 5.84. The lowest BCUT2D eigenvalue weighted by Crippen LogP contribution is -2.51. The Hall–Kier alpha value is -0.860. The van der Waals surface area contributed by atoms with Gasteiger partial charge >= 0.3 is 0 Å². The van der Waals surface area contributed by atoms with Crippen LogP contribution in [0.25, 0.3) is 0 Å². The van der Waals surface area contributed by atoms with E-state index in [0.717, 1.165) is 0 Å². The number of likely N-dealkylation sites (N-methyl/N-ethyl adjacent to an activating group) is 2. The molecule has 1 aromatic rings. The predicted molar refractivity (Wildman–Crippen MR) is 77.9 cm³/mol. The number of benzene rings is 1. The largest absolute Gasteiger partial charge is 0.311 e. The first-order valence-corrected chi connectivity index (χ1v) is 7.01. The Morgan fingerprint density at radius 2 is 1.67 bits per heavy atom. The molecule has 2 heteroatoms. The number of hydrogen-bond donors (Lipinski definition) is 1. The third-order valence-electron chi connectivity index (χ3n) is 4.60. The van der Waals surface area contributed by atoms with Crippen LogP contribution in [-0.2, 0) is 0 Å². The zero-order valence-corrected chi connectivity index (χ0v) is 12.2. The maximum atomic E-state index is 3.56. The first kappa shape index (κ1) is 13.6. The summed E-state index contributed by atoms with van der Waals surface area (Å²) in [5.41, 5.74) is 3.03. The molecule has 1 N–H and O–H groups in total. The van der Waals surface area contributed by atoms with E-state index in [9.17, 15) is 0 Å². The zero-order valence-electron chi connectivity index (χ0n) is 12.2. The van der Waals surface area contributed by atoms with Gasteiger partial charge in [-0.25, -0.2) is 0 Å². The Balaban J connectivity index is 2.34. The second-order valence-corrected chi connectivity index (χ2v) is 5.84. The molecule has 1 fully saturated rings. The summed E-state index contributed by atoms with van der Waals surface area (Å²) < 4.78 is 0. The molecule has 0 aromatic heterocycles. The van der Waals surface area contributed by atoms with Crippen molar-refractivity contribution in [3.8, 4) is 0 Å². The maximum absolute atomic E-state index is 3.56. The number of nitrogens with one attached hydrogen (secondary N) is 1. The maximum Gasteiger partial charge on any atom is 0.0504 e. The summed E-state index contributed by atoms with van der Waals surface area (Å²) >= 11 is 0. The summed E-state index contributed by atoms with van der Waals surface area (Å²) in [7, 11) is 6.54. The number of rotatable bonds is 4. The topological polar surface area (TPSA) is 15.3 Å². The van der Waals surface area contributed by atoms with Gasteiger partial charge in [0, 0.05) is 5.54 Å². The van der Waals surface area contributed by atoms with Gasteiger partial charge in [0.2, 0.25) is 0 Å². The molecular formula is C16H26N2. The molecule has 18 heavy (non-hydrogen) atoms. The monoisotopic (exact) mass is 246 g/mol. The summed E-state index contributed by atoms with van der Waals surface area (Å²) in [6.07, 6.45) is 5.28. The standard InChI is InChI=1S/C16H26N2/c1-13-7-9-14(10-8-13)15(17-2)16(18(3)4)11-5-6-12-16/h7-10,15,17H,5-6,11-12H2,1-4H3. The van der Waals surface area contributed by atoms with Gasteiger partial charge < -0.3 is 10.2 Å². The quantitative estimate of drug-likeness (QED) is 0.878. The minimum absolute atomic E-state index is 0.282. The second kappa shape index (κ2) is 5.41. The number of aryl methyl sites for hydroxylation is 1. The zero-order chi connectivity index (χ0) is 13.2. The van der Waals surface area contributed by atoms with E-state index in [4.69, 9.17) is 0 Å². The van der Waals surface area contributed by atoms with Crippen molar-refractivity contribution in [3.63, 3.8) is 0 Å². The Morgan fingerprint density at radius 3 is 2.11 bits per heavy atom. The van der Waals surface area contributed by atoms with Gasteiger partial charge in [0.05, 0.1) is 6.04 Å². The predicted octanol–water partition coefficient (Wildman–Crippen LogP) is 3.13. The van der Waals surface area contributed by atoms with Crippen LogP contribution in [0.15, 0.2) is 24.3 Å². The van der Waals surface area contributed by atoms with Gasteiger partial charge in [-0.1, -0.05) is 42.7 Å². The van der Waals surface area contributed by atoms with E-state index < -0.39 is 0 Å². The summed E-state index contributed by atoms with van der Waals surface area (Å²) in [5.74, 6) is 0. The number of nitrogens with zero attached hydrogens (tertiary/aromatic N) is 1. The molecule has 2 rings (SSSR count). The van der Waals surface area contributed by atoms with Crippen LogP contribution in [0.2, 0.25) is 0 Å². The lowest BCUT2D eigenvalue weighted by molar-refractivity contribution is 0.108. The molecule has 100 valence electrons. The fraction of sp³-hybridized carbons (Fsp3) is 0.625. The van der Waals surface area contributed by atoms with Crippen LogP contribution in [0.1, 0.15) is 42.9 Å². The van der Waals surface area contributed by atoms with E-state index in [0.29, 0.717) is 6.04 Å². The van der Waals surface area contributed by atoms with E-state index in [1.807, 2.05) is 0 Å². The van der Waals surface area contributed by atoms with E-state index in [2.05, 4.69) is 62.5 Å². The summed E-state index contributed by atoms with van der Waals surface area (Å²) in [4.78, 5) is 2.43. The van der Waals surface area contributed by atoms with Gasteiger partial charge in [0.25, 0.3) is 0 Å². The van der Waals surface area contributed by atoms with E-state index >= 15 is 0 Å². The van der Waals surface area contributed by atoms with Crippen molar-refractivity contribution in [2.75, 3.05) is 21.1 Å². The molecule has 0 bridgehead atoms. The summed E-state index contributed by atoms with van der Waals surface area (Å²) in [6, 6.07) is 9.42. The van der Waals surface area contributed by atoms with Crippen molar-refractivity contribution >= 4 is 0 Å². The molecule has 0 amide bonds. The third-order valence-corrected chi connectivity index (χ3v) is 4.60. The van der Waals surface area contributed by atoms with Gasteiger partial charge in [-0.15, -0.1) is 0 Å². The van der Waals surface area contributed by atoms with Crippen molar-refractivity contribution < 1.29 is 0 Å². The van der Waals surface area contributed by atoms with Gasteiger partial charge in [0.1, 0.15) is 0 Å². The first-order valence-electron chi connectivity index (χ1n) is 7.01. The van der Waals surface area contributed by atoms with Crippen LogP contribution in [-0.4, -0.2) is 31.6 Å². The smallest absolute Gasteiger partial charge is 0.0504 e. The van der Waals surface area contributed by atoms with Crippen molar-refractivity contribution in [3.05, 3.63) is 35.4 Å². The summed E-state index contributed by atoms with van der Waals surface area (Å²) in [5, 5.41) is 3.56. The molecule has 0 aliphatic heterocycles. The molecule has 0 saturated heterocycles. The van der Waals surface area contributed by atoms with E-state index in [1.54, 1.807) is 0 Å². The minimum Gasteiger partial charge on any atom is -0.311 e. The molecule has 1 aliphatic carbocycles. The summed E-state index contributed by atoms with van der Waals surface area (Å²) in [6.45, 7) is 2.15. The van der Waals surface area contributed by atoms with Crippen LogP contribution in [0.3, 0.4) is 0 Å². The Morgan fingerprint density at radius 1 is 1.11 bits per heavy atom. The molecule has 1 aliphatic rings. The van der Waals surface area contributed by atoms with Gasteiger partial charge in [-0.05, 0) is 46.5 Å². The average molecular weight is 246 g/mol. The van der Waals surface area contributed by atoms with Crippen molar-refractivity contribution in [1.29, 1.82) is 0 Å². The van der Waals surface area contributed by atoms with Crippen molar-refractivity contribution in [2.45, 2.75) is 44.2 Å². The van der Waals surface area contributed by atoms with Crippen LogP contribution in [0, 0.1) is 6.92 Å². The van der Waals surface area contributed by atoms with Crippen LogP contribution < -0.4 is 5.32 Å². The van der Waals surface area contributed by atoms with Crippen LogP contribution in [0.4, 0.5) is 0 Å². The van der Waals surface area contributed by atoms with Gasteiger partial charge in [-0.2, -0.15) is 0 Å². The average Bonchev–Trinajstić information content (AvgIpc) is 2.83. The van der Waals surface area contributed by atoms with Crippen LogP contribution >= 0.6 is 0 Å². The highest BCUT2D eigenvalue weighted by molar-refractivity contribution is 5.27. The molecule has 1 saturated carbocycles. The molecule has 1 atom stereocenters. The highest BCUT2D eigenvalue weighted by Gasteiger charge is 2.43. The fourth-order valence-electron chi connectivity index (χ4n) is 3.49. The molecule has 1 unspecified atom stereocenters. The van der Waals surface area contributed by atoms with Crippen molar-refractivity contribution in [2.24, 2.45) is 0 Å². The lowest BCUT2D eigenvalue weighted by atomic mass is 9.82. The Kier molecular flexibility index (Phi) is 4.08. The Bertz CT molecular complexity index is 375. The van der Waals surface area contributed by atoms with E-state index in [1.165, 1.54) is 36.8 Å². The first-order chi connectivity index (χ1) is 8.60. The fourth-order valence-corrected chi connectivity index (χ4v) is 3.49. The minimum atomic E-state index is 0.282. The molecular weight excluding hydrogens is 220 g/mol. The normalized spacial score (nSPS) is 20.3. The van der Waals surface area contributed by atoms with Gasteiger partial charge in [0.15, 0.2) is 0 Å². The molecule has 0 heterocycles. The SMILES string of the molecule is CNC(c1ccc(C)cc1)C1(N(C)C)CCCC1. The molecule has 0 spiro atoms. The number of hydrogen-bond acceptors (Lipinski definition) is 2. The molecule has 1 aromatic carbocycles. The lowest BCUT2D eigenvalue weighted by Gasteiger charge is -2.43. The van der Waals surface area contributed by atoms with Gasteiger partial charge in [-0.3, -0.25) is 0 Å². The third kappa shape index (κ3) is 2.32. The molecule has 0 radical (unpaired) electrons. The van der Waals surface area contributed by atoms with E-state index in [-0.39, 0.29) is 5.54 Å². The Labute approximate surface area is 111 Å². The van der Waals surface area contributed by atoms with Crippen molar-refractivity contribution in [1.82, 2.24) is 10.2 Å². The highest BCUT2D eigenvalue weighted by atomic mass is 15.2.